The molecule has 110 valence electrons. The maximum Gasteiger partial charge on any atom is 0.241 e. The monoisotopic (exact) mass is 278 g/mol. The molecule has 1 aliphatic rings. The fourth-order valence-corrected chi connectivity index (χ4v) is 2.94. The van der Waals surface area contributed by atoms with E-state index in [1.165, 1.54) is 0 Å². The van der Waals surface area contributed by atoms with Gasteiger partial charge in [-0.1, -0.05) is 12.5 Å². The Hall–Kier alpha value is -1.42. The number of anilines is 1. The van der Waals surface area contributed by atoms with Crippen molar-refractivity contribution >= 4 is 11.6 Å². The highest BCUT2D eigenvalue weighted by molar-refractivity contribution is 5.95. The molecule has 0 radical (unpaired) electrons. The van der Waals surface area contributed by atoms with Crippen LogP contribution < -0.4 is 5.32 Å². The number of hydrogen-bond donors (Lipinski definition) is 1. The number of halogens is 1. The van der Waals surface area contributed by atoms with Gasteiger partial charge in [0, 0.05) is 12.2 Å². The molecule has 1 heterocycles. The molecule has 20 heavy (non-hydrogen) atoms. The maximum absolute atomic E-state index is 12.6. The van der Waals surface area contributed by atoms with E-state index in [1.54, 1.807) is 0 Å². The Labute approximate surface area is 120 Å². The van der Waals surface area contributed by atoms with Crippen molar-refractivity contribution < 1.29 is 9.18 Å². The van der Waals surface area contributed by atoms with Crippen LogP contribution in [0.2, 0.25) is 0 Å². The van der Waals surface area contributed by atoms with Gasteiger partial charge in [0.1, 0.15) is 6.67 Å². The number of carbonyl (C=O) groups is 1. The van der Waals surface area contributed by atoms with Crippen LogP contribution in [0.5, 0.6) is 0 Å². The van der Waals surface area contributed by atoms with Crippen molar-refractivity contribution in [1.82, 2.24) is 4.90 Å². The second-order valence-electron chi connectivity index (χ2n) is 5.60. The minimum absolute atomic E-state index is 0.0110. The summed E-state index contributed by atoms with van der Waals surface area (Å²) in [6.45, 7) is 4.80. The van der Waals surface area contributed by atoms with Crippen LogP contribution >= 0.6 is 0 Å². The molecule has 1 fully saturated rings. The minimum atomic E-state index is -0.396. The lowest BCUT2D eigenvalue weighted by Gasteiger charge is -2.33. The third-order valence-corrected chi connectivity index (χ3v) is 3.78. The van der Waals surface area contributed by atoms with E-state index >= 15 is 0 Å². The molecule has 4 heteroatoms. The van der Waals surface area contributed by atoms with Gasteiger partial charge < -0.3 is 5.32 Å². The largest absolute Gasteiger partial charge is 0.325 e. The van der Waals surface area contributed by atoms with Crippen LogP contribution in [0.4, 0.5) is 10.1 Å². The summed E-state index contributed by atoms with van der Waals surface area (Å²) in [5.41, 5.74) is 3.09. The van der Waals surface area contributed by atoms with E-state index < -0.39 is 6.67 Å². The molecule has 0 unspecified atom stereocenters. The predicted octanol–water partition coefficient (Wildman–Crippen LogP) is 3.07. The van der Waals surface area contributed by atoms with Crippen molar-refractivity contribution in [3.05, 3.63) is 29.3 Å². The SMILES string of the molecule is Cc1cc(C)cc(NC(=O)[C@@H]2CCCCN2CCF)c1. The van der Waals surface area contributed by atoms with Crippen molar-refractivity contribution in [1.29, 1.82) is 0 Å². The molecule has 1 atom stereocenters. The molecule has 1 amide bonds. The molecule has 1 N–H and O–H groups in total. The van der Waals surface area contributed by atoms with Crippen LogP contribution in [0, 0.1) is 13.8 Å². The Bertz CT molecular complexity index is 453. The zero-order valence-corrected chi connectivity index (χ0v) is 12.3. The third kappa shape index (κ3) is 3.79. The summed E-state index contributed by atoms with van der Waals surface area (Å²) >= 11 is 0. The summed E-state index contributed by atoms with van der Waals surface area (Å²) < 4.78 is 12.6. The summed E-state index contributed by atoms with van der Waals surface area (Å²) in [4.78, 5) is 14.4. The number of hydrogen-bond acceptors (Lipinski definition) is 2. The Morgan fingerprint density at radius 1 is 1.30 bits per heavy atom. The zero-order valence-electron chi connectivity index (χ0n) is 12.3. The molecule has 0 aromatic heterocycles. The van der Waals surface area contributed by atoms with Crippen molar-refractivity contribution in [2.24, 2.45) is 0 Å². The van der Waals surface area contributed by atoms with E-state index in [-0.39, 0.29) is 11.9 Å². The highest BCUT2D eigenvalue weighted by atomic mass is 19.1. The number of rotatable bonds is 4. The third-order valence-electron chi connectivity index (χ3n) is 3.78. The van der Waals surface area contributed by atoms with Gasteiger partial charge in [0.05, 0.1) is 6.04 Å². The van der Waals surface area contributed by atoms with Crippen molar-refractivity contribution in [2.45, 2.75) is 39.2 Å². The standard InChI is InChI=1S/C16H23FN2O/c1-12-9-13(2)11-14(10-12)18-16(20)15-5-3-4-7-19(15)8-6-17/h9-11,15H,3-8H2,1-2H3,(H,18,20)/t15-/m0/s1. The number of likely N-dealkylation sites (tertiary alicyclic amines) is 1. The van der Waals surface area contributed by atoms with Gasteiger partial charge in [-0.15, -0.1) is 0 Å². The van der Waals surface area contributed by atoms with E-state index in [4.69, 9.17) is 0 Å². The van der Waals surface area contributed by atoms with Gasteiger partial charge in [-0.05, 0) is 56.5 Å². The first-order valence-electron chi connectivity index (χ1n) is 7.29. The van der Waals surface area contributed by atoms with Gasteiger partial charge >= 0.3 is 0 Å². The fourth-order valence-electron chi connectivity index (χ4n) is 2.94. The quantitative estimate of drug-likeness (QED) is 0.918. The lowest BCUT2D eigenvalue weighted by molar-refractivity contribution is -0.122. The van der Waals surface area contributed by atoms with E-state index in [0.717, 1.165) is 42.6 Å². The van der Waals surface area contributed by atoms with Crippen molar-refractivity contribution in [3.63, 3.8) is 0 Å². The first-order valence-corrected chi connectivity index (χ1v) is 7.29. The molecule has 1 aliphatic heterocycles. The Morgan fingerprint density at radius 3 is 2.65 bits per heavy atom. The molecule has 2 rings (SSSR count). The average molecular weight is 278 g/mol. The lowest BCUT2D eigenvalue weighted by Crippen LogP contribution is -2.47. The van der Waals surface area contributed by atoms with E-state index in [2.05, 4.69) is 11.4 Å². The molecule has 0 aliphatic carbocycles. The summed E-state index contributed by atoms with van der Waals surface area (Å²) in [6, 6.07) is 5.81. The molecule has 0 saturated carbocycles. The van der Waals surface area contributed by atoms with Crippen LogP contribution in [0.15, 0.2) is 18.2 Å². The van der Waals surface area contributed by atoms with Crippen LogP contribution in [-0.2, 0) is 4.79 Å². The highest BCUT2D eigenvalue weighted by Gasteiger charge is 2.28. The number of piperidine rings is 1. The topological polar surface area (TPSA) is 32.3 Å². The van der Waals surface area contributed by atoms with Gasteiger partial charge in [-0.3, -0.25) is 9.69 Å². The minimum Gasteiger partial charge on any atom is -0.325 e. The average Bonchev–Trinajstić information content (AvgIpc) is 2.38. The van der Waals surface area contributed by atoms with Gasteiger partial charge in [0.15, 0.2) is 0 Å². The highest BCUT2D eigenvalue weighted by Crippen LogP contribution is 2.20. The number of amides is 1. The van der Waals surface area contributed by atoms with Gasteiger partial charge in [0.2, 0.25) is 5.91 Å². The Kier molecular flexibility index (Phi) is 5.12. The van der Waals surface area contributed by atoms with Gasteiger partial charge in [-0.2, -0.15) is 0 Å². The smallest absolute Gasteiger partial charge is 0.241 e. The Balaban J connectivity index is 2.05. The lowest BCUT2D eigenvalue weighted by atomic mass is 10.0. The summed E-state index contributed by atoms with van der Waals surface area (Å²) in [5, 5.41) is 2.98. The van der Waals surface area contributed by atoms with Gasteiger partial charge in [-0.25, -0.2) is 4.39 Å². The predicted molar refractivity (Wildman–Crippen MR) is 79.7 cm³/mol. The Morgan fingerprint density at radius 2 is 2.00 bits per heavy atom. The van der Waals surface area contributed by atoms with E-state index in [1.807, 2.05) is 30.9 Å². The molecule has 0 spiro atoms. The zero-order chi connectivity index (χ0) is 14.5. The van der Waals surface area contributed by atoms with Crippen LogP contribution in [0.3, 0.4) is 0 Å². The molecular weight excluding hydrogens is 255 g/mol. The van der Waals surface area contributed by atoms with Crippen LogP contribution in [-0.4, -0.2) is 36.6 Å². The number of nitrogens with zero attached hydrogens (tertiary/aromatic N) is 1. The number of nitrogens with one attached hydrogen (secondary N) is 1. The molecule has 3 nitrogen and oxygen atoms in total. The second kappa shape index (κ2) is 6.84. The first-order chi connectivity index (χ1) is 9.60. The van der Waals surface area contributed by atoms with Crippen molar-refractivity contribution in [2.75, 3.05) is 25.1 Å². The van der Waals surface area contributed by atoms with Crippen LogP contribution in [0.25, 0.3) is 0 Å². The fraction of sp³-hybridized carbons (Fsp3) is 0.562. The number of aryl methyl sites for hydroxylation is 2. The molecule has 1 aromatic rings. The first kappa shape index (κ1) is 15.0. The van der Waals surface area contributed by atoms with Crippen LogP contribution in [0.1, 0.15) is 30.4 Å². The summed E-state index contributed by atoms with van der Waals surface area (Å²) in [5.74, 6) is -0.0110. The summed E-state index contributed by atoms with van der Waals surface area (Å²) in [7, 11) is 0. The molecule has 0 bridgehead atoms. The maximum atomic E-state index is 12.6. The number of carbonyl (C=O) groups excluding carboxylic acids is 1. The normalized spacial score (nSPS) is 19.9. The molecule has 1 saturated heterocycles. The molecular formula is C16H23FN2O. The number of benzene rings is 1. The second-order valence-corrected chi connectivity index (χ2v) is 5.60. The van der Waals surface area contributed by atoms with E-state index in [9.17, 15) is 9.18 Å². The molecule has 1 aromatic carbocycles. The number of alkyl halides is 1. The van der Waals surface area contributed by atoms with E-state index in [0.29, 0.717) is 6.54 Å². The van der Waals surface area contributed by atoms with Gasteiger partial charge in [0.25, 0.3) is 0 Å². The van der Waals surface area contributed by atoms with Crippen molar-refractivity contribution in [3.8, 4) is 0 Å². The summed E-state index contributed by atoms with van der Waals surface area (Å²) in [6.07, 6.45) is 2.90.